The SMILES string of the molecule is c1ccc(-c2cc(-c3ccccc3)nc(-n3c4ccccc4c4ccc(-c5ccc6c(c5)Oc5cc7c(c8cccc-6c58)c5ccccc5n7-c5ccccc5)cc43)n2)cc1. The molecular formula is C56H34N4O. The lowest BCUT2D eigenvalue weighted by atomic mass is 9.91. The van der Waals surface area contributed by atoms with E-state index in [1.165, 1.54) is 27.2 Å². The first kappa shape index (κ1) is 33.7. The van der Waals surface area contributed by atoms with Gasteiger partial charge in [-0.25, -0.2) is 9.97 Å². The number of fused-ring (bicyclic) bond motifs is 9. The van der Waals surface area contributed by atoms with Crippen LogP contribution in [0.5, 0.6) is 11.5 Å². The molecule has 4 heterocycles. The number of hydrogen-bond acceptors (Lipinski definition) is 3. The second-order valence-electron chi connectivity index (χ2n) is 15.8. The molecule has 0 spiro atoms. The third kappa shape index (κ3) is 5.14. The van der Waals surface area contributed by atoms with Gasteiger partial charge in [-0.15, -0.1) is 0 Å². The Morgan fingerprint density at radius 2 is 0.918 bits per heavy atom. The van der Waals surface area contributed by atoms with Crippen molar-refractivity contribution in [2.75, 3.05) is 0 Å². The first-order chi connectivity index (χ1) is 30.2. The number of ether oxygens (including phenoxy) is 1. The number of aromatic nitrogens is 4. The molecule has 1 aliphatic heterocycles. The molecule has 0 amide bonds. The van der Waals surface area contributed by atoms with Gasteiger partial charge >= 0.3 is 0 Å². The first-order valence-electron chi connectivity index (χ1n) is 20.7. The fourth-order valence-electron chi connectivity index (χ4n) is 9.60. The van der Waals surface area contributed by atoms with Crippen molar-refractivity contribution in [2.24, 2.45) is 0 Å². The van der Waals surface area contributed by atoms with Crippen LogP contribution in [0.15, 0.2) is 206 Å². The summed E-state index contributed by atoms with van der Waals surface area (Å²) in [6.45, 7) is 0. The van der Waals surface area contributed by atoms with Crippen LogP contribution < -0.4 is 4.74 Å². The van der Waals surface area contributed by atoms with E-state index in [1.54, 1.807) is 0 Å². The second kappa shape index (κ2) is 13.1. The molecule has 0 saturated carbocycles. The zero-order valence-corrected chi connectivity index (χ0v) is 32.8. The van der Waals surface area contributed by atoms with Crippen molar-refractivity contribution < 1.29 is 4.74 Å². The summed E-state index contributed by atoms with van der Waals surface area (Å²) in [5.41, 5.74) is 13.7. The standard InChI is InChI=1S/C56H34N4O/c1-4-15-35(16-5-1)46-33-47(36-17-6-2-7-18-36)58-56(57-46)60-48-25-12-10-21-40(48)41-29-27-37(31-50(41)60)38-28-30-42-43-23-14-24-45-54-44-22-11-13-26-49(44)59(39-19-8-3-9-20-39)51(54)34-53(55(43)45)61-52(42)32-38/h1-34H. The summed E-state index contributed by atoms with van der Waals surface area (Å²) in [7, 11) is 0. The van der Waals surface area contributed by atoms with Gasteiger partial charge < -0.3 is 9.30 Å². The first-order valence-corrected chi connectivity index (χ1v) is 20.7. The molecule has 3 aromatic heterocycles. The Labute approximate surface area is 351 Å². The van der Waals surface area contributed by atoms with Crippen molar-refractivity contribution in [3.05, 3.63) is 206 Å². The van der Waals surface area contributed by atoms with Crippen molar-refractivity contribution in [3.63, 3.8) is 0 Å². The molecule has 0 bridgehead atoms. The van der Waals surface area contributed by atoms with Gasteiger partial charge in [-0.05, 0) is 70.6 Å². The fourth-order valence-corrected chi connectivity index (χ4v) is 9.60. The zero-order chi connectivity index (χ0) is 40.0. The molecule has 5 nitrogen and oxygen atoms in total. The van der Waals surface area contributed by atoms with Crippen molar-refractivity contribution in [1.29, 1.82) is 0 Å². The summed E-state index contributed by atoms with van der Waals surface area (Å²) < 4.78 is 11.6. The quantitative estimate of drug-likeness (QED) is 0.175. The highest BCUT2D eigenvalue weighted by Crippen LogP contribution is 2.51. The highest BCUT2D eigenvalue weighted by molar-refractivity contribution is 6.25. The largest absolute Gasteiger partial charge is 0.456 e. The molecule has 13 rings (SSSR count). The third-order valence-electron chi connectivity index (χ3n) is 12.3. The van der Waals surface area contributed by atoms with Crippen LogP contribution in [-0.2, 0) is 0 Å². The molecule has 1 aliphatic rings. The highest BCUT2D eigenvalue weighted by atomic mass is 16.5. The molecule has 284 valence electrons. The Hall–Kier alpha value is -8.28. The molecule has 12 aromatic rings. The zero-order valence-electron chi connectivity index (χ0n) is 32.8. The molecule has 9 aromatic carbocycles. The van der Waals surface area contributed by atoms with Crippen LogP contribution in [0.25, 0.3) is 111 Å². The predicted molar refractivity (Wildman–Crippen MR) is 250 cm³/mol. The summed E-state index contributed by atoms with van der Waals surface area (Å²) in [5.74, 6) is 2.33. The maximum absolute atomic E-state index is 7.01. The minimum Gasteiger partial charge on any atom is -0.456 e. The van der Waals surface area contributed by atoms with E-state index >= 15 is 0 Å². The molecule has 0 unspecified atom stereocenters. The summed E-state index contributed by atoms with van der Waals surface area (Å²) in [6.07, 6.45) is 0. The Kier molecular flexibility index (Phi) is 7.24. The van der Waals surface area contributed by atoms with Gasteiger partial charge in [0, 0.05) is 55.4 Å². The van der Waals surface area contributed by atoms with E-state index in [0.717, 1.165) is 89.1 Å². The Balaban J connectivity index is 0.988. The molecule has 0 saturated heterocycles. The summed E-state index contributed by atoms with van der Waals surface area (Å²) in [6, 6.07) is 72.9. The molecule has 0 N–H and O–H groups in total. The van der Waals surface area contributed by atoms with Crippen LogP contribution in [0.2, 0.25) is 0 Å². The van der Waals surface area contributed by atoms with Crippen molar-refractivity contribution >= 4 is 54.4 Å². The van der Waals surface area contributed by atoms with Crippen LogP contribution in [0.1, 0.15) is 0 Å². The Bertz CT molecular complexity index is 3660. The van der Waals surface area contributed by atoms with Gasteiger partial charge in [-0.3, -0.25) is 4.57 Å². The smallest absolute Gasteiger partial charge is 0.235 e. The topological polar surface area (TPSA) is 44.9 Å². The van der Waals surface area contributed by atoms with Crippen LogP contribution in [0, 0.1) is 0 Å². The maximum atomic E-state index is 7.01. The molecule has 0 fully saturated rings. The number of benzene rings is 9. The summed E-state index contributed by atoms with van der Waals surface area (Å²) in [5, 5.41) is 7.09. The van der Waals surface area contributed by atoms with E-state index in [1.807, 2.05) is 12.1 Å². The number of hydrogen-bond donors (Lipinski definition) is 0. The minimum atomic E-state index is 0.626. The van der Waals surface area contributed by atoms with Crippen LogP contribution >= 0.6 is 0 Å². The van der Waals surface area contributed by atoms with Crippen molar-refractivity contribution in [2.45, 2.75) is 0 Å². The lowest BCUT2D eigenvalue weighted by molar-refractivity contribution is 0.488. The number of rotatable bonds is 5. The second-order valence-corrected chi connectivity index (χ2v) is 15.8. The maximum Gasteiger partial charge on any atom is 0.235 e. The molecule has 0 atom stereocenters. The van der Waals surface area contributed by atoms with Gasteiger partial charge in [0.05, 0.1) is 33.5 Å². The minimum absolute atomic E-state index is 0.626. The molecule has 0 radical (unpaired) electrons. The van der Waals surface area contributed by atoms with Gasteiger partial charge in [0.25, 0.3) is 0 Å². The lowest BCUT2D eigenvalue weighted by Gasteiger charge is -2.23. The van der Waals surface area contributed by atoms with Gasteiger partial charge in [0.1, 0.15) is 11.5 Å². The van der Waals surface area contributed by atoms with E-state index < -0.39 is 0 Å². The van der Waals surface area contributed by atoms with Crippen molar-refractivity contribution in [3.8, 4) is 67.9 Å². The Morgan fingerprint density at radius 1 is 0.328 bits per heavy atom. The normalized spacial score (nSPS) is 12.1. The average molecular weight is 779 g/mol. The van der Waals surface area contributed by atoms with Gasteiger partial charge in [0.15, 0.2) is 0 Å². The molecule has 0 aliphatic carbocycles. The van der Waals surface area contributed by atoms with Crippen molar-refractivity contribution in [1.82, 2.24) is 19.1 Å². The third-order valence-corrected chi connectivity index (χ3v) is 12.3. The van der Waals surface area contributed by atoms with E-state index in [9.17, 15) is 0 Å². The van der Waals surface area contributed by atoms with Gasteiger partial charge in [-0.2, -0.15) is 0 Å². The Morgan fingerprint density at radius 3 is 1.66 bits per heavy atom. The molecule has 61 heavy (non-hydrogen) atoms. The average Bonchev–Trinajstić information content (AvgIpc) is 3.84. The van der Waals surface area contributed by atoms with Gasteiger partial charge in [-0.1, -0.05) is 152 Å². The lowest BCUT2D eigenvalue weighted by Crippen LogP contribution is -2.04. The van der Waals surface area contributed by atoms with Crippen LogP contribution in [0.4, 0.5) is 0 Å². The highest BCUT2D eigenvalue weighted by Gasteiger charge is 2.25. The van der Waals surface area contributed by atoms with E-state index in [0.29, 0.717) is 5.95 Å². The number of nitrogens with zero attached hydrogens (tertiary/aromatic N) is 4. The van der Waals surface area contributed by atoms with Crippen LogP contribution in [0.3, 0.4) is 0 Å². The monoisotopic (exact) mass is 778 g/mol. The van der Waals surface area contributed by atoms with E-state index in [-0.39, 0.29) is 0 Å². The summed E-state index contributed by atoms with van der Waals surface area (Å²) in [4.78, 5) is 10.5. The van der Waals surface area contributed by atoms with E-state index in [2.05, 4.69) is 203 Å². The van der Waals surface area contributed by atoms with Crippen LogP contribution in [-0.4, -0.2) is 19.1 Å². The predicted octanol–water partition coefficient (Wildman–Crippen LogP) is 14.6. The van der Waals surface area contributed by atoms with E-state index in [4.69, 9.17) is 14.7 Å². The van der Waals surface area contributed by atoms with Gasteiger partial charge in [0.2, 0.25) is 5.95 Å². The number of para-hydroxylation sites is 3. The summed E-state index contributed by atoms with van der Waals surface area (Å²) >= 11 is 0. The molecule has 5 heteroatoms. The molecular weight excluding hydrogens is 745 g/mol. The fraction of sp³-hybridized carbons (Fsp3) is 0.